The molecule has 0 aliphatic heterocycles. The Morgan fingerprint density at radius 2 is 2.29 bits per heavy atom. The van der Waals surface area contributed by atoms with E-state index in [1.165, 1.54) is 11.3 Å². The number of nitrogens with zero attached hydrogens (tertiary/aromatic N) is 3. The molecule has 4 nitrogen and oxygen atoms in total. The molecule has 0 saturated heterocycles. The minimum atomic E-state index is 0.291. The Balaban J connectivity index is 1.97. The van der Waals surface area contributed by atoms with Crippen molar-refractivity contribution in [2.45, 2.75) is 26.4 Å². The van der Waals surface area contributed by atoms with E-state index < -0.39 is 0 Å². The fraction of sp³-hybridized carbons (Fsp3) is 0.385. The standard InChI is InChI=1S/C13H18N4/c1-10-7-13(17(3)16-10)9-15-11(2)12-5-4-6-14-8-12/h4-8,11,15H,9H2,1-3H3/t11-/m0/s1. The molecule has 0 aliphatic rings. The van der Waals surface area contributed by atoms with Crippen LogP contribution in [0.2, 0.25) is 0 Å². The Labute approximate surface area is 102 Å². The Hall–Kier alpha value is -1.68. The van der Waals surface area contributed by atoms with Crippen molar-refractivity contribution >= 4 is 0 Å². The molecule has 4 heteroatoms. The summed E-state index contributed by atoms with van der Waals surface area (Å²) in [7, 11) is 1.97. The van der Waals surface area contributed by atoms with Crippen LogP contribution < -0.4 is 5.32 Å². The molecule has 2 heterocycles. The summed E-state index contributed by atoms with van der Waals surface area (Å²) in [6, 6.07) is 6.43. The van der Waals surface area contributed by atoms with Gasteiger partial charge >= 0.3 is 0 Å². The number of nitrogens with one attached hydrogen (secondary N) is 1. The lowest BCUT2D eigenvalue weighted by atomic mass is 10.1. The molecule has 0 amide bonds. The molecule has 1 N–H and O–H groups in total. The zero-order valence-electron chi connectivity index (χ0n) is 10.5. The van der Waals surface area contributed by atoms with Crippen molar-refractivity contribution in [1.82, 2.24) is 20.1 Å². The molecule has 17 heavy (non-hydrogen) atoms. The van der Waals surface area contributed by atoms with Crippen LogP contribution >= 0.6 is 0 Å². The Morgan fingerprint density at radius 3 is 2.88 bits per heavy atom. The van der Waals surface area contributed by atoms with Gasteiger partial charge in [-0.25, -0.2) is 0 Å². The number of aryl methyl sites for hydroxylation is 2. The van der Waals surface area contributed by atoms with Gasteiger partial charge in [-0.2, -0.15) is 5.10 Å². The van der Waals surface area contributed by atoms with Gasteiger partial charge in [-0.05, 0) is 31.5 Å². The highest BCUT2D eigenvalue weighted by Gasteiger charge is 2.06. The van der Waals surface area contributed by atoms with Crippen molar-refractivity contribution in [3.8, 4) is 0 Å². The van der Waals surface area contributed by atoms with Gasteiger partial charge in [0.15, 0.2) is 0 Å². The summed E-state index contributed by atoms with van der Waals surface area (Å²) >= 11 is 0. The van der Waals surface area contributed by atoms with Crippen molar-refractivity contribution in [2.75, 3.05) is 0 Å². The first-order chi connectivity index (χ1) is 8.16. The molecule has 0 bridgehead atoms. The average Bonchev–Trinajstić information content (AvgIpc) is 2.66. The molecule has 0 fully saturated rings. The normalized spacial score (nSPS) is 12.6. The largest absolute Gasteiger partial charge is 0.305 e. The summed E-state index contributed by atoms with van der Waals surface area (Å²) < 4.78 is 1.91. The molecular weight excluding hydrogens is 212 g/mol. The van der Waals surface area contributed by atoms with E-state index in [4.69, 9.17) is 0 Å². The maximum atomic E-state index is 4.33. The van der Waals surface area contributed by atoms with Crippen molar-refractivity contribution in [2.24, 2.45) is 7.05 Å². The van der Waals surface area contributed by atoms with Gasteiger partial charge in [-0.3, -0.25) is 9.67 Å². The number of hydrogen-bond acceptors (Lipinski definition) is 3. The molecule has 2 aromatic rings. The van der Waals surface area contributed by atoms with Crippen LogP contribution in [0, 0.1) is 6.92 Å². The minimum Gasteiger partial charge on any atom is -0.305 e. The molecule has 2 rings (SSSR count). The summed E-state index contributed by atoms with van der Waals surface area (Å²) in [5.74, 6) is 0. The first kappa shape index (κ1) is 11.8. The van der Waals surface area contributed by atoms with Crippen LogP contribution in [0.25, 0.3) is 0 Å². The number of rotatable bonds is 4. The monoisotopic (exact) mass is 230 g/mol. The Morgan fingerprint density at radius 1 is 1.47 bits per heavy atom. The summed E-state index contributed by atoms with van der Waals surface area (Å²) in [5, 5.41) is 7.79. The third kappa shape index (κ3) is 2.91. The topological polar surface area (TPSA) is 42.7 Å². The van der Waals surface area contributed by atoms with E-state index in [-0.39, 0.29) is 0 Å². The van der Waals surface area contributed by atoms with Gasteiger partial charge < -0.3 is 5.32 Å². The fourth-order valence-electron chi connectivity index (χ4n) is 1.84. The third-order valence-corrected chi connectivity index (χ3v) is 2.87. The molecule has 2 aromatic heterocycles. The lowest BCUT2D eigenvalue weighted by molar-refractivity contribution is 0.547. The van der Waals surface area contributed by atoms with Crippen LogP contribution in [0.3, 0.4) is 0 Å². The van der Waals surface area contributed by atoms with E-state index in [2.05, 4.69) is 34.5 Å². The van der Waals surface area contributed by atoms with Gasteiger partial charge in [0, 0.05) is 32.0 Å². The smallest absolute Gasteiger partial charge is 0.0597 e. The van der Waals surface area contributed by atoms with Gasteiger partial charge in [-0.15, -0.1) is 0 Å². The molecular formula is C13H18N4. The molecule has 0 aromatic carbocycles. The zero-order valence-corrected chi connectivity index (χ0v) is 10.5. The van der Waals surface area contributed by atoms with Crippen molar-refractivity contribution in [3.63, 3.8) is 0 Å². The van der Waals surface area contributed by atoms with E-state index in [9.17, 15) is 0 Å². The molecule has 0 radical (unpaired) electrons. The average molecular weight is 230 g/mol. The number of hydrogen-bond donors (Lipinski definition) is 1. The summed E-state index contributed by atoms with van der Waals surface area (Å²) in [6.07, 6.45) is 3.69. The van der Waals surface area contributed by atoms with E-state index in [1.54, 1.807) is 6.20 Å². The van der Waals surface area contributed by atoms with Crippen LogP contribution in [0.4, 0.5) is 0 Å². The molecule has 0 unspecified atom stereocenters. The van der Waals surface area contributed by atoms with Gasteiger partial charge in [0.05, 0.1) is 11.4 Å². The Kier molecular flexibility index (Phi) is 3.54. The second-order valence-electron chi connectivity index (χ2n) is 4.29. The Bertz CT molecular complexity index is 475. The van der Waals surface area contributed by atoms with Crippen molar-refractivity contribution < 1.29 is 0 Å². The second-order valence-corrected chi connectivity index (χ2v) is 4.29. The lowest BCUT2D eigenvalue weighted by Gasteiger charge is -2.13. The van der Waals surface area contributed by atoms with Crippen LogP contribution in [0.5, 0.6) is 0 Å². The van der Waals surface area contributed by atoms with Gasteiger partial charge in [-0.1, -0.05) is 6.07 Å². The first-order valence-electron chi connectivity index (χ1n) is 5.79. The van der Waals surface area contributed by atoms with E-state index in [1.807, 2.05) is 30.9 Å². The van der Waals surface area contributed by atoms with Crippen LogP contribution in [-0.2, 0) is 13.6 Å². The third-order valence-electron chi connectivity index (χ3n) is 2.87. The first-order valence-corrected chi connectivity index (χ1v) is 5.79. The SMILES string of the molecule is Cc1cc(CN[C@@H](C)c2cccnc2)n(C)n1. The summed E-state index contributed by atoms with van der Waals surface area (Å²) in [4.78, 5) is 4.12. The van der Waals surface area contributed by atoms with Gasteiger partial charge in [0.2, 0.25) is 0 Å². The number of aromatic nitrogens is 3. The predicted molar refractivity (Wildman–Crippen MR) is 67.4 cm³/mol. The van der Waals surface area contributed by atoms with Crippen LogP contribution in [0.15, 0.2) is 30.6 Å². The zero-order chi connectivity index (χ0) is 12.3. The van der Waals surface area contributed by atoms with E-state index in [0.29, 0.717) is 6.04 Å². The van der Waals surface area contributed by atoms with Gasteiger partial charge in [0.25, 0.3) is 0 Å². The van der Waals surface area contributed by atoms with Crippen molar-refractivity contribution in [3.05, 3.63) is 47.5 Å². The van der Waals surface area contributed by atoms with Gasteiger partial charge in [0.1, 0.15) is 0 Å². The number of pyridine rings is 1. The molecule has 0 spiro atoms. The highest BCUT2D eigenvalue weighted by molar-refractivity contribution is 5.14. The lowest BCUT2D eigenvalue weighted by Crippen LogP contribution is -2.19. The van der Waals surface area contributed by atoms with Crippen LogP contribution in [-0.4, -0.2) is 14.8 Å². The minimum absolute atomic E-state index is 0.291. The summed E-state index contributed by atoms with van der Waals surface area (Å²) in [5.41, 5.74) is 3.45. The van der Waals surface area contributed by atoms with E-state index in [0.717, 1.165) is 12.2 Å². The highest BCUT2D eigenvalue weighted by Crippen LogP contribution is 2.11. The molecule has 0 saturated carbocycles. The molecule has 0 aliphatic carbocycles. The molecule has 90 valence electrons. The quantitative estimate of drug-likeness (QED) is 0.873. The highest BCUT2D eigenvalue weighted by atomic mass is 15.3. The van der Waals surface area contributed by atoms with E-state index >= 15 is 0 Å². The van der Waals surface area contributed by atoms with Crippen LogP contribution in [0.1, 0.15) is 29.9 Å². The molecule has 1 atom stereocenters. The fourth-order valence-corrected chi connectivity index (χ4v) is 1.84. The summed E-state index contributed by atoms with van der Waals surface area (Å²) in [6.45, 7) is 4.96. The second kappa shape index (κ2) is 5.10. The maximum absolute atomic E-state index is 4.33. The van der Waals surface area contributed by atoms with Crippen molar-refractivity contribution in [1.29, 1.82) is 0 Å². The predicted octanol–water partition coefficient (Wildman–Crippen LogP) is 1.97. The maximum Gasteiger partial charge on any atom is 0.0597 e.